The summed E-state index contributed by atoms with van der Waals surface area (Å²) in [5, 5.41) is 14.1. The Kier molecular flexibility index (Phi) is 3.08. The van der Waals surface area contributed by atoms with Gasteiger partial charge in [-0.05, 0) is 24.3 Å². The molecule has 1 saturated carbocycles. The van der Waals surface area contributed by atoms with Crippen LogP contribution in [0, 0.1) is 16.7 Å². The summed E-state index contributed by atoms with van der Waals surface area (Å²) >= 11 is 1.67. The van der Waals surface area contributed by atoms with E-state index in [4.69, 9.17) is 5.26 Å². The molecule has 0 aliphatic heterocycles. The molecule has 2 rings (SSSR count). The van der Waals surface area contributed by atoms with Gasteiger partial charge in [-0.1, -0.05) is 13.3 Å². The Labute approximate surface area is 94.9 Å². The quantitative estimate of drug-likeness (QED) is 0.847. The van der Waals surface area contributed by atoms with Crippen LogP contribution >= 0.6 is 11.3 Å². The van der Waals surface area contributed by atoms with Crippen LogP contribution in [-0.4, -0.2) is 6.54 Å². The lowest BCUT2D eigenvalue weighted by molar-refractivity contribution is 0.156. The number of hydrogen-bond acceptors (Lipinski definition) is 3. The highest BCUT2D eigenvalue weighted by Crippen LogP contribution is 2.39. The summed E-state index contributed by atoms with van der Waals surface area (Å²) < 4.78 is 0. The summed E-state index contributed by atoms with van der Waals surface area (Å²) in [7, 11) is 0. The molecule has 3 heteroatoms. The van der Waals surface area contributed by atoms with Gasteiger partial charge in [-0.25, -0.2) is 0 Å². The molecule has 1 heterocycles. The molecule has 1 aromatic rings. The van der Waals surface area contributed by atoms with Gasteiger partial charge in [-0.3, -0.25) is 0 Å². The minimum atomic E-state index is 0.537. The number of nitrogens with zero attached hydrogens (tertiary/aromatic N) is 1. The van der Waals surface area contributed by atoms with Gasteiger partial charge >= 0.3 is 0 Å². The molecule has 0 unspecified atom stereocenters. The normalized spacial score (nSPS) is 18.1. The van der Waals surface area contributed by atoms with Crippen LogP contribution in [0.1, 0.15) is 36.6 Å². The predicted octanol–water partition coefficient (Wildman–Crippen LogP) is 2.90. The molecule has 0 aromatic carbocycles. The van der Waals surface area contributed by atoms with E-state index in [1.807, 2.05) is 11.4 Å². The van der Waals surface area contributed by atoms with E-state index < -0.39 is 0 Å². The van der Waals surface area contributed by atoms with Gasteiger partial charge in [0.05, 0.1) is 5.56 Å². The Morgan fingerprint density at radius 3 is 2.93 bits per heavy atom. The molecule has 0 atom stereocenters. The molecule has 1 N–H and O–H groups in total. The van der Waals surface area contributed by atoms with Crippen molar-refractivity contribution in [2.75, 3.05) is 6.54 Å². The number of nitriles is 1. The highest BCUT2D eigenvalue weighted by molar-refractivity contribution is 7.10. The fraction of sp³-hybridized carbons (Fsp3) is 0.583. The van der Waals surface area contributed by atoms with Crippen LogP contribution in [0.5, 0.6) is 0 Å². The van der Waals surface area contributed by atoms with E-state index in [1.165, 1.54) is 24.1 Å². The molecular weight excluding hydrogens is 204 g/mol. The molecule has 15 heavy (non-hydrogen) atoms. The molecule has 80 valence electrons. The molecule has 0 spiro atoms. The number of nitrogens with one attached hydrogen (secondary N) is 1. The van der Waals surface area contributed by atoms with Crippen molar-refractivity contribution >= 4 is 11.3 Å². The topological polar surface area (TPSA) is 35.8 Å². The summed E-state index contributed by atoms with van der Waals surface area (Å²) in [6.07, 6.45) is 4.09. The summed E-state index contributed by atoms with van der Waals surface area (Å²) in [6, 6.07) is 4.13. The van der Waals surface area contributed by atoms with E-state index in [0.717, 1.165) is 18.7 Å². The van der Waals surface area contributed by atoms with Gasteiger partial charge in [-0.2, -0.15) is 5.26 Å². The largest absolute Gasteiger partial charge is 0.311 e. The van der Waals surface area contributed by atoms with Crippen LogP contribution in [0.25, 0.3) is 0 Å². The number of hydrogen-bond donors (Lipinski definition) is 1. The average molecular weight is 220 g/mol. The first-order valence-corrected chi connectivity index (χ1v) is 6.28. The predicted molar refractivity (Wildman–Crippen MR) is 62.7 cm³/mol. The van der Waals surface area contributed by atoms with Crippen molar-refractivity contribution in [1.29, 1.82) is 5.26 Å². The van der Waals surface area contributed by atoms with Gasteiger partial charge < -0.3 is 5.32 Å². The molecular formula is C12H16N2S. The third-order valence-electron chi connectivity index (χ3n) is 3.19. The Morgan fingerprint density at radius 2 is 2.40 bits per heavy atom. The van der Waals surface area contributed by atoms with Crippen LogP contribution in [0.2, 0.25) is 0 Å². The van der Waals surface area contributed by atoms with Crippen molar-refractivity contribution in [2.45, 2.75) is 32.7 Å². The van der Waals surface area contributed by atoms with Crippen molar-refractivity contribution in [1.82, 2.24) is 5.32 Å². The Hall–Kier alpha value is -0.850. The lowest BCUT2D eigenvalue weighted by Crippen LogP contribution is -2.36. The number of rotatable bonds is 4. The average Bonchev–Trinajstić information content (AvgIpc) is 2.63. The second-order valence-corrected chi connectivity index (χ2v) is 5.68. The highest BCUT2D eigenvalue weighted by Gasteiger charge is 2.30. The van der Waals surface area contributed by atoms with Crippen LogP contribution in [0.3, 0.4) is 0 Å². The fourth-order valence-electron chi connectivity index (χ4n) is 1.98. The van der Waals surface area contributed by atoms with Crippen molar-refractivity contribution in [2.24, 2.45) is 5.41 Å². The van der Waals surface area contributed by atoms with E-state index >= 15 is 0 Å². The SMILES string of the molecule is CC1(CNCc2cc(C#N)cs2)CCC1. The summed E-state index contributed by atoms with van der Waals surface area (Å²) in [5.74, 6) is 0. The third-order valence-corrected chi connectivity index (χ3v) is 4.13. The highest BCUT2D eigenvalue weighted by atomic mass is 32.1. The van der Waals surface area contributed by atoms with Crippen molar-refractivity contribution in [3.63, 3.8) is 0 Å². The zero-order valence-electron chi connectivity index (χ0n) is 9.05. The number of thiophene rings is 1. The molecule has 0 radical (unpaired) electrons. The van der Waals surface area contributed by atoms with Crippen LogP contribution in [0.15, 0.2) is 11.4 Å². The van der Waals surface area contributed by atoms with Crippen molar-refractivity contribution < 1.29 is 0 Å². The zero-order valence-corrected chi connectivity index (χ0v) is 9.86. The fourth-order valence-corrected chi connectivity index (χ4v) is 2.76. The minimum Gasteiger partial charge on any atom is -0.311 e. The Balaban J connectivity index is 1.76. The monoisotopic (exact) mass is 220 g/mol. The second kappa shape index (κ2) is 4.34. The van der Waals surface area contributed by atoms with E-state index in [0.29, 0.717) is 5.41 Å². The van der Waals surface area contributed by atoms with Crippen molar-refractivity contribution in [3.05, 3.63) is 21.9 Å². The second-order valence-electron chi connectivity index (χ2n) is 4.68. The summed E-state index contributed by atoms with van der Waals surface area (Å²) in [4.78, 5) is 1.26. The standard InChI is InChI=1S/C12H16N2S/c1-12(3-2-4-12)9-14-7-11-5-10(6-13)8-15-11/h5,8,14H,2-4,7,9H2,1H3. The Bertz CT molecular complexity index is 371. The first-order chi connectivity index (χ1) is 7.22. The van der Waals surface area contributed by atoms with Gasteiger partial charge in [0.25, 0.3) is 0 Å². The summed E-state index contributed by atoms with van der Waals surface area (Å²) in [6.45, 7) is 4.35. The van der Waals surface area contributed by atoms with E-state index in [-0.39, 0.29) is 0 Å². The molecule has 1 aromatic heterocycles. The maximum atomic E-state index is 8.69. The molecule has 1 aliphatic rings. The molecule has 1 fully saturated rings. The molecule has 0 bridgehead atoms. The van der Waals surface area contributed by atoms with Gasteiger partial charge in [0.2, 0.25) is 0 Å². The van der Waals surface area contributed by atoms with E-state index in [9.17, 15) is 0 Å². The Morgan fingerprint density at radius 1 is 1.60 bits per heavy atom. The van der Waals surface area contributed by atoms with Gasteiger partial charge in [-0.15, -0.1) is 11.3 Å². The molecule has 0 amide bonds. The molecule has 1 aliphatic carbocycles. The third kappa shape index (κ3) is 2.58. The first kappa shape index (κ1) is 10.7. The van der Waals surface area contributed by atoms with E-state index in [2.05, 4.69) is 18.3 Å². The lowest BCUT2D eigenvalue weighted by Gasteiger charge is -2.38. The van der Waals surface area contributed by atoms with Gasteiger partial charge in [0.1, 0.15) is 6.07 Å². The smallest absolute Gasteiger partial charge is 0.100 e. The first-order valence-electron chi connectivity index (χ1n) is 5.40. The minimum absolute atomic E-state index is 0.537. The molecule has 0 saturated heterocycles. The van der Waals surface area contributed by atoms with E-state index in [1.54, 1.807) is 11.3 Å². The van der Waals surface area contributed by atoms with Crippen LogP contribution < -0.4 is 5.32 Å². The van der Waals surface area contributed by atoms with Crippen LogP contribution in [0.4, 0.5) is 0 Å². The maximum absolute atomic E-state index is 8.69. The van der Waals surface area contributed by atoms with Gasteiger partial charge in [0, 0.05) is 23.3 Å². The van der Waals surface area contributed by atoms with Crippen LogP contribution in [-0.2, 0) is 6.54 Å². The zero-order chi connectivity index (χ0) is 10.7. The lowest BCUT2D eigenvalue weighted by atomic mass is 9.70. The maximum Gasteiger partial charge on any atom is 0.100 e. The van der Waals surface area contributed by atoms with Crippen molar-refractivity contribution in [3.8, 4) is 6.07 Å². The van der Waals surface area contributed by atoms with Gasteiger partial charge in [0.15, 0.2) is 0 Å². The summed E-state index contributed by atoms with van der Waals surface area (Å²) in [5.41, 5.74) is 1.32. The molecule has 2 nitrogen and oxygen atoms in total.